The van der Waals surface area contributed by atoms with E-state index in [1.54, 1.807) is 17.0 Å². The van der Waals surface area contributed by atoms with Gasteiger partial charge in [0.15, 0.2) is 0 Å². The first-order valence-corrected chi connectivity index (χ1v) is 11.5. The zero-order valence-corrected chi connectivity index (χ0v) is 19.2. The molecule has 0 saturated heterocycles. The van der Waals surface area contributed by atoms with Crippen LogP contribution in [0.2, 0.25) is 0 Å². The molecule has 0 bridgehead atoms. The third-order valence-electron chi connectivity index (χ3n) is 5.95. The van der Waals surface area contributed by atoms with Crippen LogP contribution >= 0.6 is 0 Å². The van der Waals surface area contributed by atoms with Crippen LogP contribution in [-0.2, 0) is 6.42 Å². The molecule has 1 aliphatic heterocycles. The summed E-state index contributed by atoms with van der Waals surface area (Å²) in [5, 5.41) is 13.9. The zero-order valence-electron chi connectivity index (χ0n) is 19.2. The predicted molar refractivity (Wildman–Crippen MR) is 130 cm³/mol. The molecule has 4 rings (SSSR count). The first kappa shape index (κ1) is 22.7. The fraction of sp³-hybridized carbons (Fsp3) is 0.346. The Morgan fingerprint density at radius 2 is 1.85 bits per heavy atom. The highest BCUT2D eigenvalue weighted by Gasteiger charge is 2.15. The first-order chi connectivity index (χ1) is 16.0. The Hall–Kier alpha value is -3.48. The van der Waals surface area contributed by atoms with Crippen molar-refractivity contribution in [3.05, 3.63) is 71.7 Å². The smallest absolute Gasteiger partial charge is 0.253 e. The van der Waals surface area contributed by atoms with Gasteiger partial charge in [0.25, 0.3) is 5.91 Å². The SMILES string of the molecule is CC1=NN(c2ccc(C(=O)N(C)CCCCCc3cc(-c4ccc(F)cc4)n[nH]3)cc2)CC1. The summed E-state index contributed by atoms with van der Waals surface area (Å²) in [5.41, 5.74) is 5.65. The monoisotopic (exact) mass is 447 g/mol. The van der Waals surface area contributed by atoms with Crippen molar-refractivity contribution >= 4 is 17.3 Å². The number of hydrazone groups is 1. The molecule has 1 aromatic heterocycles. The molecule has 0 aliphatic carbocycles. The Morgan fingerprint density at radius 3 is 2.55 bits per heavy atom. The van der Waals surface area contributed by atoms with E-state index in [4.69, 9.17) is 0 Å². The van der Waals surface area contributed by atoms with Crippen LogP contribution in [0.15, 0.2) is 59.7 Å². The summed E-state index contributed by atoms with van der Waals surface area (Å²) in [6.45, 7) is 3.65. The number of rotatable bonds is 9. The van der Waals surface area contributed by atoms with Gasteiger partial charge in [-0.05, 0) is 80.8 Å². The van der Waals surface area contributed by atoms with E-state index in [-0.39, 0.29) is 11.7 Å². The average Bonchev–Trinajstić information content (AvgIpc) is 3.48. The highest BCUT2D eigenvalue weighted by atomic mass is 19.1. The van der Waals surface area contributed by atoms with E-state index < -0.39 is 0 Å². The highest BCUT2D eigenvalue weighted by Crippen LogP contribution is 2.21. The molecule has 172 valence electrons. The van der Waals surface area contributed by atoms with E-state index in [1.165, 1.54) is 12.1 Å². The minimum Gasteiger partial charge on any atom is -0.342 e. The molecule has 0 unspecified atom stereocenters. The second kappa shape index (κ2) is 10.4. The molecule has 3 aromatic rings. The maximum Gasteiger partial charge on any atom is 0.253 e. The summed E-state index contributed by atoms with van der Waals surface area (Å²) < 4.78 is 13.1. The summed E-state index contributed by atoms with van der Waals surface area (Å²) in [5.74, 6) is -0.206. The second-order valence-corrected chi connectivity index (χ2v) is 8.58. The molecule has 0 fully saturated rings. The number of hydrogen-bond acceptors (Lipinski definition) is 4. The molecule has 7 heteroatoms. The van der Waals surface area contributed by atoms with Crippen LogP contribution in [-0.4, -0.2) is 46.9 Å². The number of amides is 1. The Bertz CT molecular complexity index is 1100. The molecule has 0 atom stereocenters. The minimum absolute atomic E-state index is 0.0418. The van der Waals surface area contributed by atoms with Gasteiger partial charge in [0.2, 0.25) is 0 Å². The van der Waals surface area contributed by atoms with Crippen molar-refractivity contribution in [3.63, 3.8) is 0 Å². The van der Waals surface area contributed by atoms with Crippen LogP contribution in [0.25, 0.3) is 11.3 Å². The maximum absolute atomic E-state index is 13.1. The highest BCUT2D eigenvalue weighted by molar-refractivity contribution is 5.94. The summed E-state index contributed by atoms with van der Waals surface area (Å²) in [6.07, 6.45) is 4.86. The first-order valence-electron chi connectivity index (χ1n) is 11.5. The van der Waals surface area contributed by atoms with E-state index in [2.05, 4.69) is 15.3 Å². The number of halogens is 1. The topological polar surface area (TPSA) is 64.6 Å². The van der Waals surface area contributed by atoms with Crippen molar-refractivity contribution in [3.8, 4) is 11.3 Å². The number of anilines is 1. The predicted octanol–water partition coefficient (Wildman–Crippen LogP) is 5.29. The van der Waals surface area contributed by atoms with Gasteiger partial charge in [0.1, 0.15) is 5.82 Å². The van der Waals surface area contributed by atoms with Gasteiger partial charge < -0.3 is 4.90 Å². The van der Waals surface area contributed by atoms with Gasteiger partial charge in [-0.3, -0.25) is 14.9 Å². The van der Waals surface area contributed by atoms with Gasteiger partial charge in [-0.25, -0.2) is 4.39 Å². The van der Waals surface area contributed by atoms with Gasteiger partial charge in [-0.15, -0.1) is 0 Å². The number of nitrogens with one attached hydrogen (secondary N) is 1. The van der Waals surface area contributed by atoms with Gasteiger partial charge in [0, 0.05) is 49.1 Å². The average molecular weight is 448 g/mol. The Morgan fingerprint density at radius 1 is 1.09 bits per heavy atom. The molecule has 0 spiro atoms. The van der Waals surface area contributed by atoms with Crippen molar-refractivity contribution in [2.24, 2.45) is 5.10 Å². The van der Waals surface area contributed by atoms with E-state index >= 15 is 0 Å². The van der Waals surface area contributed by atoms with Crippen LogP contribution in [0, 0.1) is 5.82 Å². The number of carbonyl (C=O) groups is 1. The van der Waals surface area contributed by atoms with Crippen molar-refractivity contribution in [1.29, 1.82) is 0 Å². The Balaban J connectivity index is 1.18. The number of carbonyl (C=O) groups excluding carboxylic acids is 1. The van der Waals surface area contributed by atoms with E-state index in [0.29, 0.717) is 5.56 Å². The summed E-state index contributed by atoms with van der Waals surface area (Å²) in [7, 11) is 1.86. The third kappa shape index (κ3) is 5.86. The number of unbranched alkanes of at least 4 members (excludes halogenated alkanes) is 2. The van der Waals surface area contributed by atoms with E-state index in [0.717, 1.165) is 73.5 Å². The molecular formula is C26H30FN5O. The van der Waals surface area contributed by atoms with Crippen LogP contribution in [0.1, 0.15) is 48.7 Å². The number of aromatic amines is 1. The van der Waals surface area contributed by atoms with E-state index in [1.807, 2.05) is 49.3 Å². The van der Waals surface area contributed by atoms with Gasteiger partial charge in [-0.1, -0.05) is 6.42 Å². The molecule has 33 heavy (non-hydrogen) atoms. The van der Waals surface area contributed by atoms with Crippen LogP contribution in [0.3, 0.4) is 0 Å². The molecule has 0 radical (unpaired) electrons. The van der Waals surface area contributed by atoms with Gasteiger partial charge >= 0.3 is 0 Å². The van der Waals surface area contributed by atoms with Crippen molar-refractivity contribution in [2.45, 2.75) is 39.0 Å². The van der Waals surface area contributed by atoms with Crippen molar-refractivity contribution in [1.82, 2.24) is 15.1 Å². The molecule has 2 aromatic carbocycles. The van der Waals surface area contributed by atoms with Crippen LogP contribution in [0.4, 0.5) is 10.1 Å². The Labute approximate surface area is 194 Å². The molecular weight excluding hydrogens is 417 g/mol. The lowest BCUT2D eigenvalue weighted by Crippen LogP contribution is -2.27. The molecule has 1 amide bonds. The number of aryl methyl sites for hydroxylation is 1. The van der Waals surface area contributed by atoms with Crippen molar-refractivity contribution in [2.75, 3.05) is 25.1 Å². The second-order valence-electron chi connectivity index (χ2n) is 8.58. The number of aromatic nitrogens is 2. The minimum atomic E-state index is -0.248. The lowest BCUT2D eigenvalue weighted by atomic mass is 10.1. The largest absolute Gasteiger partial charge is 0.342 e. The lowest BCUT2D eigenvalue weighted by Gasteiger charge is -2.18. The van der Waals surface area contributed by atoms with E-state index in [9.17, 15) is 9.18 Å². The maximum atomic E-state index is 13.1. The van der Waals surface area contributed by atoms with Crippen molar-refractivity contribution < 1.29 is 9.18 Å². The lowest BCUT2D eigenvalue weighted by molar-refractivity contribution is 0.0792. The van der Waals surface area contributed by atoms with Crippen LogP contribution in [0.5, 0.6) is 0 Å². The summed E-state index contributed by atoms with van der Waals surface area (Å²) >= 11 is 0. The number of H-pyrrole nitrogens is 1. The molecule has 0 saturated carbocycles. The number of hydrogen-bond donors (Lipinski definition) is 1. The Kier molecular flexibility index (Phi) is 7.17. The molecule has 1 aliphatic rings. The summed E-state index contributed by atoms with van der Waals surface area (Å²) in [4.78, 5) is 14.5. The third-order valence-corrected chi connectivity index (χ3v) is 5.95. The fourth-order valence-corrected chi connectivity index (χ4v) is 3.96. The number of nitrogens with zero attached hydrogens (tertiary/aromatic N) is 4. The fourth-order valence-electron chi connectivity index (χ4n) is 3.96. The van der Waals surface area contributed by atoms with Crippen LogP contribution < -0.4 is 5.01 Å². The molecule has 6 nitrogen and oxygen atoms in total. The normalized spacial score (nSPS) is 13.3. The zero-order chi connectivity index (χ0) is 23.2. The standard InChI is InChI=1S/C26H30FN5O/c1-19-15-17-32(30-19)24-13-9-21(10-14-24)26(33)31(2)16-5-3-4-6-23-18-25(29-28-23)20-7-11-22(27)12-8-20/h7-14,18H,3-6,15-17H2,1-2H3,(H,28,29). The quantitative estimate of drug-likeness (QED) is 0.454. The molecule has 2 heterocycles. The molecule has 1 N–H and O–H groups in total. The number of benzene rings is 2. The van der Waals surface area contributed by atoms with Gasteiger partial charge in [-0.2, -0.15) is 10.2 Å². The summed E-state index contributed by atoms with van der Waals surface area (Å²) in [6, 6.07) is 16.1. The van der Waals surface area contributed by atoms with Gasteiger partial charge in [0.05, 0.1) is 11.4 Å².